The molecule has 1 fully saturated rings. The summed E-state index contributed by atoms with van der Waals surface area (Å²) >= 11 is 0. The number of allylic oxidation sites excluding steroid dienone is 1. The lowest BCUT2D eigenvalue weighted by molar-refractivity contribution is -0.387. The Morgan fingerprint density at radius 3 is 2.35 bits per heavy atom. The van der Waals surface area contributed by atoms with Crippen molar-refractivity contribution >= 4 is 38.8 Å². The van der Waals surface area contributed by atoms with Gasteiger partial charge < -0.3 is 4.74 Å². The van der Waals surface area contributed by atoms with Gasteiger partial charge in [-0.2, -0.15) is 14.8 Å². The van der Waals surface area contributed by atoms with Gasteiger partial charge in [0.1, 0.15) is 17.7 Å². The zero-order chi connectivity index (χ0) is 26.7. The van der Waals surface area contributed by atoms with E-state index in [0.29, 0.717) is 11.3 Å². The molecule has 188 valence electrons. The van der Waals surface area contributed by atoms with Gasteiger partial charge in [-0.25, -0.2) is 8.42 Å². The average Bonchev–Trinajstić information content (AvgIpc) is 3.19. The van der Waals surface area contributed by atoms with E-state index in [1.165, 1.54) is 18.2 Å². The average molecular weight is 522 g/mol. The van der Waals surface area contributed by atoms with E-state index in [4.69, 9.17) is 4.74 Å². The molecule has 2 aliphatic heterocycles. The first-order chi connectivity index (χ1) is 17.7. The summed E-state index contributed by atoms with van der Waals surface area (Å²) in [6, 6.07) is 15.0. The normalized spacial score (nSPS) is 16.0. The van der Waals surface area contributed by atoms with Crippen molar-refractivity contribution < 1.29 is 27.7 Å². The smallest absolute Gasteiger partial charge is 0.310 e. The molecule has 0 radical (unpaired) electrons. The van der Waals surface area contributed by atoms with Crippen LogP contribution >= 0.6 is 0 Å². The van der Waals surface area contributed by atoms with Crippen molar-refractivity contribution in [3.63, 3.8) is 0 Å². The third-order valence-electron chi connectivity index (χ3n) is 6.20. The van der Waals surface area contributed by atoms with Crippen LogP contribution in [0.5, 0.6) is 0 Å². The molecule has 0 unspecified atom stereocenters. The second-order valence-corrected chi connectivity index (χ2v) is 10.1. The van der Waals surface area contributed by atoms with Crippen molar-refractivity contribution in [2.45, 2.75) is 17.7 Å². The number of carbonyl (C=O) groups excluding carboxylic acids is 2. The second kappa shape index (κ2) is 10.2. The lowest BCUT2D eigenvalue weighted by Gasteiger charge is -2.30. The van der Waals surface area contributed by atoms with E-state index in [2.05, 4.69) is 0 Å². The van der Waals surface area contributed by atoms with Crippen LogP contribution in [0.1, 0.15) is 18.4 Å². The van der Waals surface area contributed by atoms with E-state index in [1.54, 1.807) is 36.4 Å². The van der Waals surface area contributed by atoms with Crippen LogP contribution in [0.2, 0.25) is 0 Å². The number of esters is 1. The Morgan fingerprint density at radius 2 is 1.70 bits per heavy atom. The molecular formula is C24H19N5O7S. The molecule has 12 nitrogen and oxygen atoms in total. The Balaban J connectivity index is 1.42. The number of hydrogen-bond acceptors (Lipinski definition) is 9. The van der Waals surface area contributed by atoms with Crippen LogP contribution in [0.3, 0.4) is 0 Å². The quantitative estimate of drug-likeness (QED) is 0.182. The molecule has 2 aromatic rings. The molecule has 0 bridgehead atoms. The number of anilines is 1. The minimum Gasteiger partial charge on any atom is -0.444 e. The van der Waals surface area contributed by atoms with Gasteiger partial charge >= 0.3 is 5.97 Å². The fourth-order valence-electron chi connectivity index (χ4n) is 4.33. The summed E-state index contributed by atoms with van der Waals surface area (Å²) in [5.41, 5.74) is -0.161. The number of carbonyl (C=O) groups is 2. The lowest BCUT2D eigenvalue weighted by atomic mass is 9.98. The molecule has 2 aliphatic rings. The van der Waals surface area contributed by atoms with Gasteiger partial charge in [-0.1, -0.05) is 30.3 Å². The van der Waals surface area contributed by atoms with Crippen molar-refractivity contribution in [3.05, 3.63) is 69.8 Å². The molecule has 0 atom stereocenters. The van der Waals surface area contributed by atoms with Gasteiger partial charge in [-0.15, -0.1) is 0 Å². The van der Waals surface area contributed by atoms with Crippen LogP contribution in [0.25, 0.3) is 5.57 Å². The van der Waals surface area contributed by atoms with Crippen molar-refractivity contribution in [3.8, 4) is 12.1 Å². The van der Waals surface area contributed by atoms with Crippen LogP contribution in [-0.2, 0) is 24.3 Å². The maximum Gasteiger partial charge on any atom is 0.310 e. The maximum absolute atomic E-state index is 13.0. The van der Waals surface area contributed by atoms with E-state index in [-0.39, 0.29) is 37.1 Å². The summed E-state index contributed by atoms with van der Waals surface area (Å²) in [6.45, 7) is -0.530. The molecule has 37 heavy (non-hydrogen) atoms. The molecule has 1 amide bonds. The highest BCUT2D eigenvalue weighted by molar-refractivity contribution is 7.89. The number of para-hydroxylation sites is 2. The maximum atomic E-state index is 13.0. The Bertz CT molecular complexity index is 1500. The lowest BCUT2D eigenvalue weighted by Crippen LogP contribution is -2.41. The number of nitro benzene ring substituents is 1. The number of hydrogen-bond donors (Lipinski definition) is 0. The van der Waals surface area contributed by atoms with E-state index < -0.39 is 50.1 Å². The zero-order valence-electron chi connectivity index (χ0n) is 19.2. The molecule has 1 saturated heterocycles. The number of nitriles is 2. The van der Waals surface area contributed by atoms with Crippen LogP contribution in [0.15, 0.2) is 59.0 Å². The van der Waals surface area contributed by atoms with Gasteiger partial charge in [-0.05, 0) is 25.0 Å². The number of rotatable bonds is 6. The Labute approximate surface area is 211 Å². The van der Waals surface area contributed by atoms with Gasteiger partial charge in [0.05, 0.1) is 22.1 Å². The van der Waals surface area contributed by atoms with Gasteiger partial charge in [0, 0.05) is 24.7 Å². The van der Waals surface area contributed by atoms with Crippen molar-refractivity contribution in [2.24, 2.45) is 5.92 Å². The number of nitro groups is 1. The van der Waals surface area contributed by atoms with Crippen molar-refractivity contribution in [1.82, 2.24) is 4.31 Å². The van der Waals surface area contributed by atoms with E-state index >= 15 is 0 Å². The minimum absolute atomic E-state index is 0.0415. The van der Waals surface area contributed by atoms with Crippen LogP contribution < -0.4 is 4.90 Å². The molecule has 0 spiro atoms. The Hall–Kier alpha value is -4.59. The first kappa shape index (κ1) is 25.5. The summed E-state index contributed by atoms with van der Waals surface area (Å²) in [5.74, 6) is -1.92. The molecule has 4 rings (SSSR count). The third-order valence-corrected chi connectivity index (χ3v) is 8.15. The first-order valence-corrected chi connectivity index (χ1v) is 12.5. The molecule has 13 heteroatoms. The van der Waals surface area contributed by atoms with E-state index in [9.17, 15) is 38.6 Å². The highest BCUT2D eigenvalue weighted by Crippen LogP contribution is 2.38. The Kier molecular flexibility index (Phi) is 7.02. The molecule has 0 aromatic heterocycles. The Morgan fingerprint density at radius 1 is 1.08 bits per heavy atom. The third kappa shape index (κ3) is 4.65. The number of ether oxygens (including phenoxy) is 1. The highest BCUT2D eigenvalue weighted by Gasteiger charge is 2.38. The fraction of sp³-hybridized carbons (Fsp3) is 0.250. The van der Waals surface area contributed by atoms with Crippen LogP contribution in [0, 0.1) is 38.7 Å². The first-order valence-electron chi connectivity index (χ1n) is 11.1. The SMILES string of the molecule is N#CC(C#N)=C1C(=O)N(COC(=O)C2CCN(S(=O)(=O)c3ccccc3[N+](=O)[O-])CC2)c2ccccc21. The zero-order valence-corrected chi connectivity index (χ0v) is 20.1. The summed E-state index contributed by atoms with van der Waals surface area (Å²) in [4.78, 5) is 36.9. The van der Waals surface area contributed by atoms with Gasteiger partial charge in [0.2, 0.25) is 10.0 Å². The number of benzene rings is 2. The number of nitrogens with zero attached hydrogens (tertiary/aromatic N) is 5. The molecule has 0 aliphatic carbocycles. The van der Waals surface area contributed by atoms with Crippen LogP contribution in [0.4, 0.5) is 11.4 Å². The van der Waals surface area contributed by atoms with Gasteiger partial charge in [0.25, 0.3) is 11.6 Å². The highest BCUT2D eigenvalue weighted by atomic mass is 32.2. The second-order valence-electron chi connectivity index (χ2n) is 8.22. The van der Waals surface area contributed by atoms with E-state index in [0.717, 1.165) is 15.3 Å². The predicted molar refractivity (Wildman–Crippen MR) is 128 cm³/mol. The predicted octanol–water partition coefficient (Wildman–Crippen LogP) is 2.34. The number of sulfonamides is 1. The molecule has 0 saturated carbocycles. The number of fused-ring (bicyclic) bond motifs is 1. The van der Waals surface area contributed by atoms with Crippen molar-refractivity contribution in [2.75, 3.05) is 24.7 Å². The summed E-state index contributed by atoms with van der Waals surface area (Å²) < 4.78 is 32.4. The topological polar surface area (TPSA) is 175 Å². The largest absolute Gasteiger partial charge is 0.444 e. The number of piperidine rings is 1. The summed E-state index contributed by atoms with van der Waals surface area (Å²) in [5, 5.41) is 29.7. The molecule has 2 heterocycles. The van der Waals surface area contributed by atoms with E-state index in [1.807, 2.05) is 0 Å². The monoisotopic (exact) mass is 521 g/mol. The molecule has 0 N–H and O–H groups in total. The number of amides is 1. The van der Waals surface area contributed by atoms with Gasteiger partial charge in [0.15, 0.2) is 11.6 Å². The minimum atomic E-state index is -4.14. The van der Waals surface area contributed by atoms with Crippen molar-refractivity contribution in [1.29, 1.82) is 10.5 Å². The molecular weight excluding hydrogens is 502 g/mol. The van der Waals surface area contributed by atoms with Gasteiger partial charge in [-0.3, -0.25) is 24.6 Å². The standard InChI is InChI=1S/C24H19N5O7S/c25-13-17(14-26)22-18-5-1-2-6-19(18)28(23(22)30)15-36-24(31)16-9-11-27(12-10-16)37(34,35)21-8-4-3-7-20(21)29(32)33/h1-8,16H,9-12,15H2. The summed E-state index contributed by atoms with van der Waals surface area (Å²) in [7, 11) is -4.14. The molecule has 2 aromatic carbocycles. The fourth-order valence-corrected chi connectivity index (χ4v) is 5.96. The summed E-state index contributed by atoms with van der Waals surface area (Å²) in [6.07, 6.45) is 0.253. The van der Waals surface area contributed by atoms with Crippen LogP contribution in [-0.4, -0.2) is 49.3 Å².